The molecule has 2 aromatic rings. The third-order valence-electron chi connectivity index (χ3n) is 2.83. The first-order chi connectivity index (χ1) is 8.18. The van der Waals surface area contributed by atoms with Crippen LogP contribution in [0.5, 0.6) is 0 Å². The van der Waals surface area contributed by atoms with Crippen LogP contribution in [0, 0.1) is 0 Å². The van der Waals surface area contributed by atoms with Crippen LogP contribution in [0.4, 0.5) is 0 Å². The summed E-state index contributed by atoms with van der Waals surface area (Å²) in [6.45, 7) is 0. The van der Waals surface area contributed by atoms with Crippen LogP contribution in [-0.2, 0) is 0 Å². The molecule has 0 saturated heterocycles. The molecular formula is C13H7NO3. The fourth-order valence-corrected chi connectivity index (χ4v) is 2.04. The number of nitrogens with zero attached hydrogens (tertiary/aromatic N) is 1. The van der Waals surface area contributed by atoms with Crippen LogP contribution in [-0.4, -0.2) is 21.8 Å². The van der Waals surface area contributed by atoms with Gasteiger partial charge < -0.3 is 5.11 Å². The van der Waals surface area contributed by atoms with Crippen LogP contribution < -0.4 is 0 Å². The summed E-state index contributed by atoms with van der Waals surface area (Å²) < 4.78 is 0. The highest BCUT2D eigenvalue weighted by atomic mass is 16.4. The van der Waals surface area contributed by atoms with E-state index in [-0.39, 0.29) is 11.5 Å². The molecule has 1 aromatic heterocycles. The maximum atomic E-state index is 12.0. The van der Waals surface area contributed by atoms with Crippen LogP contribution in [0.2, 0.25) is 0 Å². The fourth-order valence-electron chi connectivity index (χ4n) is 2.04. The summed E-state index contributed by atoms with van der Waals surface area (Å²) in [5.74, 6) is -1.19. The Bertz CT molecular complexity index is 661. The zero-order chi connectivity index (χ0) is 12.0. The Labute approximate surface area is 96.5 Å². The van der Waals surface area contributed by atoms with Crippen molar-refractivity contribution in [1.29, 1.82) is 0 Å². The van der Waals surface area contributed by atoms with E-state index in [1.165, 1.54) is 12.3 Å². The second kappa shape index (κ2) is 3.25. The smallest absolute Gasteiger partial charge is 0.354 e. The second-order valence-corrected chi connectivity index (χ2v) is 3.79. The molecule has 0 amide bonds. The lowest BCUT2D eigenvalue weighted by molar-refractivity contribution is 0.0690. The minimum Gasteiger partial charge on any atom is -0.477 e. The summed E-state index contributed by atoms with van der Waals surface area (Å²) in [5, 5.41) is 8.88. The molecular weight excluding hydrogens is 218 g/mol. The van der Waals surface area contributed by atoms with Gasteiger partial charge in [0.1, 0.15) is 5.69 Å². The number of pyridine rings is 1. The quantitative estimate of drug-likeness (QED) is 0.687. The Morgan fingerprint density at radius 2 is 1.76 bits per heavy atom. The number of rotatable bonds is 1. The van der Waals surface area contributed by atoms with E-state index in [1.54, 1.807) is 12.1 Å². The lowest BCUT2D eigenvalue weighted by Crippen LogP contribution is -2.02. The second-order valence-electron chi connectivity index (χ2n) is 3.79. The lowest BCUT2D eigenvalue weighted by atomic mass is 10.1. The van der Waals surface area contributed by atoms with Crippen LogP contribution in [0.15, 0.2) is 36.5 Å². The molecule has 1 aliphatic carbocycles. The highest BCUT2D eigenvalue weighted by molar-refractivity contribution is 6.21. The number of fused-ring (bicyclic) bond motifs is 3. The number of carbonyl (C=O) groups excluding carboxylic acids is 1. The van der Waals surface area contributed by atoms with E-state index in [4.69, 9.17) is 5.11 Å². The Hall–Kier alpha value is -2.49. The first-order valence-corrected chi connectivity index (χ1v) is 5.06. The Morgan fingerprint density at radius 1 is 1.06 bits per heavy atom. The largest absolute Gasteiger partial charge is 0.477 e. The van der Waals surface area contributed by atoms with Gasteiger partial charge in [0.25, 0.3) is 0 Å². The molecule has 0 atom stereocenters. The van der Waals surface area contributed by atoms with Gasteiger partial charge in [0.15, 0.2) is 5.78 Å². The molecule has 17 heavy (non-hydrogen) atoms. The summed E-state index contributed by atoms with van der Waals surface area (Å²) in [6.07, 6.45) is 1.33. The number of carboxylic acids is 1. The van der Waals surface area contributed by atoms with E-state index in [0.29, 0.717) is 16.7 Å². The van der Waals surface area contributed by atoms with Crippen molar-refractivity contribution in [1.82, 2.24) is 4.98 Å². The third kappa shape index (κ3) is 1.27. The number of aromatic nitrogens is 1. The van der Waals surface area contributed by atoms with Gasteiger partial charge in [-0.3, -0.25) is 4.79 Å². The molecule has 0 fully saturated rings. The molecule has 0 aliphatic heterocycles. The average Bonchev–Trinajstić information content (AvgIpc) is 2.64. The standard InChI is InChI=1S/C13H7NO3/c15-12-8-4-2-1-3-7(8)9-5-11(13(16)17)14-6-10(9)12/h1-6H,(H,16,17). The molecule has 0 bridgehead atoms. The minimum atomic E-state index is -1.09. The maximum Gasteiger partial charge on any atom is 0.354 e. The monoisotopic (exact) mass is 225 g/mol. The van der Waals surface area contributed by atoms with Crippen LogP contribution in [0.25, 0.3) is 11.1 Å². The normalized spacial score (nSPS) is 12.1. The van der Waals surface area contributed by atoms with Gasteiger partial charge in [-0.2, -0.15) is 0 Å². The Kier molecular flexibility index (Phi) is 1.86. The summed E-state index contributed by atoms with van der Waals surface area (Å²) >= 11 is 0. The molecule has 4 nitrogen and oxygen atoms in total. The maximum absolute atomic E-state index is 12.0. The van der Waals surface area contributed by atoms with E-state index in [2.05, 4.69) is 4.98 Å². The number of carbonyl (C=O) groups is 2. The highest BCUT2D eigenvalue weighted by Crippen LogP contribution is 2.36. The highest BCUT2D eigenvalue weighted by Gasteiger charge is 2.27. The van der Waals surface area contributed by atoms with E-state index in [1.807, 2.05) is 12.1 Å². The molecule has 4 heteroatoms. The van der Waals surface area contributed by atoms with Gasteiger partial charge in [0, 0.05) is 17.3 Å². The van der Waals surface area contributed by atoms with Crippen molar-refractivity contribution in [2.75, 3.05) is 0 Å². The average molecular weight is 225 g/mol. The zero-order valence-electron chi connectivity index (χ0n) is 8.68. The molecule has 1 aromatic carbocycles. The van der Waals surface area contributed by atoms with Crippen molar-refractivity contribution >= 4 is 11.8 Å². The Morgan fingerprint density at radius 3 is 2.47 bits per heavy atom. The zero-order valence-corrected chi connectivity index (χ0v) is 8.68. The van der Waals surface area contributed by atoms with Crippen molar-refractivity contribution in [3.8, 4) is 11.1 Å². The predicted molar refractivity (Wildman–Crippen MR) is 60.1 cm³/mol. The molecule has 82 valence electrons. The van der Waals surface area contributed by atoms with Crippen LogP contribution in [0.3, 0.4) is 0 Å². The predicted octanol–water partition coefficient (Wildman–Crippen LogP) is 1.99. The van der Waals surface area contributed by atoms with Crippen LogP contribution in [0.1, 0.15) is 26.4 Å². The van der Waals surface area contributed by atoms with Crippen LogP contribution >= 0.6 is 0 Å². The molecule has 0 spiro atoms. The third-order valence-corrected chi connectivity index (χ3v) is 2.83. The molecule has 1 aliphatic rings. The summed E-state index contributed by atoms with van der Waals surface area (Å²) in [6, 6.07) is 8.60. The summed E-state index contributed by atoms with van der Waals surface area (Å²) in [5.41, 5.74) is 2.45. The molecule has 1 N–H and O–H groups in total. The lowest BCUT2D eigenvalue weighted by Gasteiger charge is -2.00. The summed E-state index contributed by atoms with van der Waals surface area (Å²) in [4.78, 5) is 26.6. The van der Waals surface area contributed by atoms with Gasteiger partial charge in [-0.15, -0.1) is 0 Å². The minimum absolute atomic E-state index is 0.0479. The van der Waals surface area contributed by atoms with Gasteiger partial charge in [-0.25, -0.2) is 9.78 Å². The number of benzene rings is 1. The first kappa shape index (κ1) is 9.72. The Balaban J connectivity index is 2.31. The van der Waals surface area contributed by atoms with E-state index < -0.39 is 5.97 Å². The SMILES string of the molecule is O=C(O)c1cc2c(cn1)C(=O)c1ccccc1-2. The van der Waals surface area contributed by atoms with Crippen molar-refractivity contribution in [2.24, 2.45) is 0 Å². The van der Waals surface area contributed by atoms with Gasteiger partial charge in [0.05, 0.1) is 0 Å². The van der Waals surface area contributed by atoms with E-state index in [0.717, 1.165) is 5.56 Å². The van der Waals surface area contributed by atoms with Gasteiger partial charge in [-0.1, -0.05) is 24.3 Å². The number of hydrogen-bond donors (Lipinski definition) is 1. The van der Waals surface area contributed by atoms with Gasteiger partial charge in [0.2, 0.25) is 0 Å². The van der Waals surface area contributed by atoms with E-state index >= 15 is 0 Å². The molecule has 1 heterocycles. The first-order valence-electron chi connectivity index (χ1n) is 5.06. The van der Waals surface area contributed by atoms with Gasteiger partial charge in [-0.05, 0) is 17.2 Å². The van der Waals surface area contributed by atoms with Crippen molar-refractivity contribution in [2.45, 2.75) is 0 Å². The molecule has 0 saturated carbocycles. The van der Waals surface area contributed by atoms with Crippen molar-refractivity contribution < 1.29 is 14.7 Å². The number of hydrogen-bond acceptors (Lipinski definition) is 3. The van der Waals surface area contributed by atoms with Gasteiger partial charge >= 0.3 is 5.97 Å². The fraction of sp³-hybridized carbons (Fsp3) is 0. The van der Waals surface area contributed by atoms with Crippen molar-refractivity contribution in [3.63, 3.8) is 0 Å². The molecule has 0 radical (unpaired) electrons. The molecule has 3 rings (SSSR count). The van der Waals surface area contributed by atoms with E-state index in [9.17, 15) is 9.59 Å². The topological polar surface area (TPSA) is 67.3 Å². The number of carboxylic acid groups (broad SMARTS) is 1. The number of aromatic carboxylic acids is 1. The number of ketones is 1. The summed E-state index contributed by atoms with van der Waals surface area (Å²) in [7, 11) is 0. The van der Waals surface area contributed by atoms with Crippen molar-refractivity contribution in [3.05, 3.63) is 53.3 Å². The molecule has 0 unspecified atom stereocenters.